The summed E-state index contributed by atoms with van der Waals surface area (Å²) in [5.74, 6) is 1.88. The fourth-order valence-corrected chi connectivity index (χ4v) is 8.04. The topological polar surface area (TPSA) is 56.7 Å². The maximum Gasteiger partial charge on any atom is 0.164 e. The number of hydrogen-bond acceptors (Lipinski definition) is 4. The zero-order valence-electron chi connectivity index (χ0n) is 30.2. The number of rotatable bonds is 6. The first kappa shape index (κ1) is 31.9. The van der Waals surface area contributed by atoms with Crippen molar-refractivity contribution in [1.29, 1.82) is 0 Å². The van der Waals surface area contributed by atoms with Crippen LogP contribution in [0.1, 0.15) is 0 Å². The van der Waals surface area contributed by atoms with Crippen molar-refractivity contribution in [1.82, 2.24) is 19.5 Å². The molecule has 56 heavy (non-hydrogen) atoms. The minimum absolute atomic E-state index is 0.619. The Bertz CT molecular complexity index is 3220. The van der Waals surface area contributed by atoms with Crippen LogP contribution in [0, 0.1) is 0 Å². The Labute approximate surface area is 322 Å². The van der Waals surface area contributed by atoms with E-state index < -0.39 is 0 Å². The van der Waals surface area contributed by atoms with Crippen molar-refractivity contribution >= 4 is 43.7 Å². The van der Waals surface area contributed by atoms with Gasteiger partial charge in [0.05, 0.1) is 11.0 Å². The Kier molecular flexibility index (Phi) is 7.42. The second-order valence-corrected chi connectivity index (χ2v) is 14.0. The average Bonchev–Trinajstić information content (AvgIpc) is 3.84. The normalized spacial score (nSPS) is 11.6. The predicted molar refractivity (Wildman–Crippen MR) is 229 cm³/mol. The molecule has 5 nitrogen and oxygen atoms in total. The molecule has 0 aliphatic heterocycles. The van der Waals surface area contributed by atoms with E-state index in [-0.39, 0.29) is 0 Å². The fraction of sp³-hybridized carbons (Fsp3) is 0. The summed E-state index contributed by atoms with van der Waals surface area (Å²) in [7, 11) is 0. The molecule has 0 aliphatic rings. The fourth-order valence-electron chi connectivity index (χ4n) is 8.04. The van der Waals surface area contributed by atoms with E-state index >= 15 is 0 Å². The lowest BCUT2D eigenvalue weighted by Gasteiger charge is -2.10. The van der Waals surface area contributed by atoms with Crippen LogP contribution >= 0.6 is 0 Å². The largest absolute Gasteiger partial charge is 0.454 e. The van der Waals surface area contributed by atoms with E-state index in [1.165, 1.54) is 10.8 Å². The molecule has 0 saturated heterocycles. The standard InChI is InChI=1S/C51H32N4O/c1-4-14-33(15-5-1)37-18-12-19-38(32-37)51-53-49(35-16-6-2-7-17-35)52-50(54-51)36-28-26-34(27-29-36)40-23-13-25-45-46(40)43-31-30-42-41-22-10-11-24-44(41)55(47(42)48(43)56-45)39-20-8-3-9-21-39/h1-32H. The molecule has 0 N–H and O–H groups in total. The molecule has 3 aromatic heterocycles. The number of benzene rings is 8. The van der Waals surface area contributed by atoms with Gasteiger partial charge in [-0.25, -0.2) is 15.0 Å². The number of aromatic nitrogens is 4. The molecule has 0 atom stereocenters. The van der Waals surface area contributed by atoms with Gasteiger partial charge in [0.1, 0.15) is 5.58 Å². The second-order valence-electron chi connectivity index (χ2n) is 14.0. The Hall–Kier alpha value is -7.63. The van der Waals surface area contributed by atoms with Gasteiger partial charge in [0.15, 0.2) is 23.1 Å². The number of fused-ring (bicyclic) bond motifs is 7. The highest BCUT2D eigenvalue weighted by molar-refractivity contribution is 6.23. The number of nitrogens with zero attached hydrogens (tertiary/aromatic N) is 4. The lowest BCUT2D eigenvalue weighted by molar-refractivity contribution is 0.671. The van der Waals surface area contributed by atoms with E-state index in [1.54, 1.807) is 0 Å². The van der Waals surface area contributed by atoms with Gasteiger partial charge in [-0.15, -0.1) is 0 Å². The summed E-state index contributed by atoms with van der Waals surface area (Å²) < 4.78 is 9.14. The maximum atomic E-state index is 6.81. The van der Waals surface area contributed by atoms with Gasteiger partial charge in [-0.2, -0.15) is 0 Å². The zero-order valence-corrected chi connectivity index (χ0v) is 30.2. The van der Waals surface area contributed by atoms with Crippen LogP contribution in [0.15, 0.2) is 199 Å². The second kappa shape index (κ2) is 13.0. The van der Waals surface area contributed by atoms with Crippen LogP contribution in [0.25, 0.3) is 106 Å². The third-order valence-corrected chi connectivity index (χ3v) is 10.7. The monoisotopic (exact) mass is 716 g/mol. The van der Waals surface area contributed by atoms with Crippen molar-refractivity contribution < 1.29 is 4.42 Å². The smallest absolute Gasteiger partial charge is 0.164 e. The molecule has 0 radical (unpaired) electrons. The summed E-state index contributed by atoms with van der Waals surface area (Å²) in [4.78, 5) is 15.0. The van der Waals surface area contributed by atoms with Crippen LogP contribution in [0.2, 0.25) is 0 Å². The summed E-state index contributed by atoms with van der Waals surface area (Å²) in [6.07, 6.45) is 0. The minimum atomic E-state index is 0.619. The molecule has 0 fully saturated rings. The maximum absolute atomic E-state index is 6.81. The third kappa shape index (κ3) is 5.29. The van der Waals surface area contributed by atoms with Gasteiger partial charge < -0.3 is 8.98 Å². The summed E-state index contributed by atoms with van der Waals surface area (Å²) in [6, 6.07) is 67.3. The van der Waals surface area contributed by atoms with E-state index in [9.17, 15) is 0 Å². The molecule has 11 aromatic rings. The van der Waals surface area contributed by atoms with Crippen LogP contribution in [0.5, 0.6) is 0 Å². The molecule has 0 saturated carbocycles. The van der Waals surface area contributed by atoms with Gasteiger partial charge in [0.25, 0.3) is 0 Å². The van der Waals surface area contributed by atoms with Crippen molar-refractivity contribution in [3.8, 4) is 62.1 Å². The SMILES string of the molecule is c1ccc(-c2cccc(-c3nc(-c4ccccc4)nc(-c4ccc(-c5cccc6oc7c(ccc8c9ccccc9n(-c9ccccc9)c87)c56)cc4)n3)c2)cc1. The highest BCUT2D eigenvalue weighted by Crippen LogP contribution is 2.43. The van der Waals surface area contributed by atoms with Crippen molar-refractivity contribution in [2.45, 2.75) is 0 Å². The first-order valence-corrected chi connectivity index (χ1v) is 18.8. The van der Waals surface area contributed by atoms with E-state index in [1.807, 2.05) is 36.4 Å². The molecule has 5 heteroatoms. The molecule has 3 heterocycles. The lowest BCUT2D eigenvalue weighted by Crippen LogP contribution is -2.00. The Balaban J connectivity index is 1.04. The molecular weight excluding hydrogens is 685 g/mol. The Morgan fingerprint density at radius 3 is 1.68 bits per heavy atom. The van der Waals surface area contributed by atoms with Gasteiger partial charge in [-0.3, -0.25) is 0 Å². The minimum Gasteiger partial charge on any atom is -0.454 e. The molecule has 0 spiro atoms. The first-order chi connectivity index (χ1) is 27.8. The average molecular weight is 717 g/mol. The molecule has 0 aliphatic carbocycles. The highest BCUT2D eigenvalue weighted by atomic mass is 16.3. The lowest BCUT2D eigenvalue weighted by atomic mass is 9.98. The van der Waals surface area contributed by atoms with Gasteiger partial charge >= 0.3 is 0 Å². The van der Waals surface area contributed by atoms with E-state index in [2.05, 4.69) is 162 Å². The quantitative estimate of drug-likeness (QED) is 0.172. The molecular formula is C51H32N4O. The zero-order chi connectivity index (χ0) is 37.0. The predicted octanol–water partition coefficient (Wildman–Crippen LogP) is 13.2. The molecule has 0 unspecified atom stereocenters. The number of para-hydroxylation sites is 2. The van der Waals surface area contributed by atoms with Gasteiger partial charge in [-0.1, -0.05) is 158 Å². The summed E-state index contributed by atoms with van der Waals surface area (Å²) in [5.41, 5.74) is 12.3. The van der Waals surface area contributed by atoms with Gasteiger partial charge in [-0.05, 0) is 58.7 Å². The summed E-state index contributed by atoms with van der Waals surface area (Å²) in [6.45, 7) is 0. The molecule has 262 valence electrons. The van der Waals surface area contributed by atoms with Crippen molar-refractivity contribution in [3.05, 3.63) is 194 Å². The summed E-state index contributed by atoms with van der Waals surface area (Å²) in [5, 5.41) is 4.54. The van der Waals surface area contributed by atoms with Crippen LogP contribution in [0.4, 0.5) is 0 Å². The van der Waals surface area contributed by atoms with Crippen LogP contribution in [-0.2, 0) is 0 Å². The van der Waals surface area contributed by atoms with Crippen molar-refractivity contribution in [2.75, 3.05) is 0 Å². The van der Waals surface area contributed by atoms with Gasteiger partial charge in [0, 0.05) is 43.9 Å². The van der Waals surface area contributed by atoms with Crippen LogP contribution in [0.3, 0.4) is 0 Å². The highest BCUT2D eigenvalue weighted by Gasteiger charge is 2.21. The first-order valence-electron chi connectivity index (χ1n) is 18.8. The Morgan fingerprint density at radius 1 is 0.375 bits per heavy atom. The third-order valence-electron chi connectivity index (χ3n) is 10.7. The van der Waals surface area contributed by atoms with E-state index in [0.717, 1.165) is 77.6 Å². The van der Waals surface area contributed by atoms with Crippen molar-refractivity contribution in [2.24, 2.45) is 0 Å². The molecule has 8 aromatic carbocycles. The number of furan rings is 1. The molecule has 11 rings (SSSR count). The summed E-state index contributed by atoms with van der Waals surface area (Å²) >= 11 is 0. The van der Waals surface area contributed by atoms with Crippen LogP contribution in [-0.4, -0.2) is 19.5 Å². The van der Waals surface area contributed by atoms with Gasteiger partial charge in [0.2, 0.25) is 0 Å². The van der Waals surface area contributed by atoms with Crippen LogP contribution < -0.4 is 0 Å². The molecule has 0 bridgehead atoms. The number of hydrogen-bond donors (Lipinski definition) is 0. The van der Waals surface area contributed by atoms with E-state index in [4.69, 9.17) is 19.4 Å². The van der Waals surface area contributed by atoms with Crippen molar-refractivity contribution in [3.63, 3.8) is 0 Å². The molecule has 0 amide bonds. The Morgan fingerprint density at radius 2 is 0.929 bits per heavy atom. The van der Waals surface area contributed by atoms with E-state index in [0.29, 0.717) is 17.5 Å².